The highest BCUT2D eigenvalue weighted by Crippen LogP contribution is 2.48. The van der Waals surface area contributed by atoms with Gasteiger partial charge in [-0.25, -0.2) is 10.8 Å². The molecule has 7 heteroatoms. The number of nitrogens with one attached hydrogen (secondary N) is 2. The monoisotopic (exact) mass is 279 g/mol. The fourth-order valence-electron chi connectivity index (χ4n) is 2.26. The first kappa shape index (κ1) is 12.6. The first-order chi connectivity index (χ1) is 9.26. The number of aliphatic hydroxyl groups is 1. The van der Waals surface area contributed by atoms with Gasteiger partial charge in [-0.05, 0) is 36.1 Å². The van der Waals surface area contributed by atoms with E-state index in [1.165, 1.54) is 12.8 Å². The molecule has 1 fully saturated rings. The molecule has 0 aromatic carbocycles. The first-order valence-electron chi connectivity index (χ1n) is 6.33. The lowest BCUT2D eigenvalue weighted by molar-refractivity contribution is 0.253. The molecule has 0 unspecified atom stereocenters. The molecule has 0 saturated heterocycles. The SMILES string of the molecule is NNc1nc(NCC2(CCO)CC2)c2ccsc2n1. The predicted molar refractivity (Wildman–Crippen MR) is 77.1 cm³/mol. The van der Waals surface area contributed by atoms with Crippen molar-refractivity contribution < 1.29 is 5.11 Å². The summed E-state index contributed by atoms with van der Waals surface area (Å²) in [5.74, 6) is 6.62. The van der Waals surface area contributed by atoms with E-state index in [0.29, 0.717) is 5.95 Å². The number of aromatic nitrogens is 2. The molecule has 0 spiro atoms. The smallest absolute Gasteiger partial charge is 0.240 e. The molecule has 2 aromatic rings. The molecule has 5 N–H and O–H groups in total. The number of nitrogens with two attached hydrogens (primary N) is 1. The Morgan fingerprint density at radius 3 is 2.95 bits per heavy atom. The summed E-state index contributed by atoms with van der Waals surface area (Å²) < 4.78 is 0. The molecular weight excluding hydrogens is 262 g/mol. The van der Waals surface area contributed by atoms with Gasteiger partial charge in [0.2, 0.25) is 5.95 Å². The second-order valence-corrected chi connectivity index (χ2v) is 5.90. The van der Waals surface area contributed by atoms with Crippen molar-refractivity contribution in [2.24, 2.45) is 11.3 Å². The van der Waals surface area contributed by atoms with Crippen molar-refractivity contribution in [2.45, 2.75) is 19.3 Å². The van der Waals surface area contributed by atoms with E-state index < -0.39 is 0 Å². The van der Waals surface area contributed by atoms with Crippen LogP contribution >= 0.6 is 11.3 Å². The lowest BCUT2D eigenvalue weighted by Gasteiger charge is -2.15. The molecule has 2 aromatic heterocycles. The summed E-state index contributed by atoms with van der Waals surface area (Å²) in [5, 5.41) is 15.5. The van der Waals surface area contributed by atoms with Gasteiger partial charge in [-0.15, -0.1) is 11.3 Å². The van der Waals surface area contributed by atoms with E-state index in [4.69, 9.17) is 10.9 Å². The molecule has 0 amide bonds. The van der Waals surface area contributed by atoms with Gasteiger partial charge in [0.25, 0.3) is 0 Å². The number of thiophene rings is 1. The number of nitrogen functional groups attached to an aromatic ring is 1. The molecule has 0 bridgehead atoms. The van der Waals surface area contributed by atoms with Crippen LogP contribution < -0.4 is 16.6 Å². The van der Waals surface area contributed by atoms with Crippen LogP contribution in [0.1, 0.15) is 19.3 Å². The van der Waals surface area contributed by atoms with Crippen LogP contribution in [0.2, 0.25) is 0 Å². The normalized spacial score (nSPS) is 16.5. The van der Waals surface area contributed by atoms with Crippen molar-refractivity contribution in [2.75, 3.05) is 23.9 Å². The van der Waals surface area contributed by atoms with Crippen molar-refractivity contribution in [3.63, 3.8) is 0 Å². The number of rotatable bonds is 6. The standard InChI is InChI=1S/C12H17N5OS/c13-17-11-15-9(8-1-6-19-10(8)16-11)14-7-12(2-3-12)4-5-18/h1,6,18H,2-5,7,13H2,(H2,14,15,16,17). The first-order valence-corrected chi connectivity index (χ1v) is 7.21. The van der Waals surface area contributed by atoms with Gasteiger partial charge in [0.05, 0.1) is 5.39 Å². The van der Waals surface area contributed by atoms with Crippen molar-refractivity contribution in [1.29, 1.82) is 0 Å². The van der Waals surface area contributed by atoms with E-state index in [0.717, 1.165) is 29.0 Å². The van der Waals surface area contributed by atoms with Crippen LogP contribution in [0.15, 0.2) is 11.4 Å². The zero-order chi connectivity index (χ0) is 13.3. The van der Waals surface area contributed by atoms with Crippen molar-refractivity contribution in [3.8, 4) is 0 Å². The van der Waals surface area contributed by atoms with Crippen LogP contribution in [0.5, 0.6) is 0 Å². The molecule has 19 heavy (non-hydrogen) atoms. The van der Waals surface area contributed by atoms with Gasteiger partial charge in [0.1, 0.15) is 10.6 Å². The van der Waals surface area contributed by atoms with Crippen LogP contribution in [0.3, 0.4) is 0 Å². The minimum Gasteiger partial charge on any atom is -0.396 e. The maximum Gasteiger partial charge on any atom is 0.240 e. The number of nitrogens with zero attached hydrogens (tertiary/aromatic N) is 2. The van der Waals surface area contributed by atoms with Crippen LogP contribution in [-0.4, -0.2) is 28.2 Å². The van der Waals surface area contributed by atoms with Crippen LogP contribution in [-0.2, 0) is 0 Å². The molecule has 1 saturated carbocycles. The van der Waals surface area contributed by atoms with Gasteiger partial charge in [-0.3, -0.25) is 5.43 Å². The van der Waals surface area contributed by atoms with Crippen molar-refractivity contribution >= 4 is 33.3 Å². The van der Waals surface area contributed by atoms with E-state index in [1.807, 2.05) is 11.4 Å². The summed E-state index contributed by atoms with van der Waals surface area (Å²) in [7, 11) is 0. The third kappa shape index (κ3) is 2.49. The third-order valence-electron chi connectivity index (χ3n) is 3.68. The fourth-order valence-corrected chi connectivity index (χ4v) is 3.02. The summed E-state index contributed by atoms with van der Waals surface area (Å²) in [6, 6.07) is 2.01. The van der Waals surface area contributed by atoms with Gasteiger partial charge in [-0.1, -0.05) is 0 Å². The van der Waals surface area contributed by atoms with Crippen LogP contribution in [0.4, 0.5) is 11.8 Å². The van der Waals surface area contributed by atoms with E-state index in [-0.39, 0.29) is 12.0 Å². The fraction of sp³-hybridized carbons (Fsp3) is 0.500. The average Bonchev–Trinajstić information content (AvgIpc) is 3.02. The molecule has 2 heterocycles. The largest absolute Gasteiger partial charge is 0.396 e. The van der Waals surface area contributed by atoms with Crippen LogP contribution in [0.25, 0.3) is 10.2 Å². The highest BCUT2D eigenvalue weighted by molar-refractivity contribution is 7.16. The molecule has 6 nitrogen and oxygen atoms in total. The van der Waals surface area contributed by atoms with E-state index in [9.17, 15) is 0 Å². The number of anilines is 2. The second kappa shape index (κ2) is 4.92. The number of fused-ring (bicyclic) bond motifs is 1. The Morgan fingerprint density at radius 2 is 2.26 bits per heavy atom. The quantitative estimate of drug-likeness (QED) is 0.473. The van der Waals surface area contributed by atoms with Gasteiger partial charge >= 0.3 is 0 Å². The Kier molecular flexibility index (Phi) is 3.26. The Balaban J connectivity index is 1.81. The van der Waals surface area contributed by atoms with E-state index in [1.54, 1.807) is 11.3 Å². The summed E-state index contributed by atoms with van der Waals surface area (Å²) in [4.78, 5) is 9.58. The van der Waals surface area contributed by atoms with Gasteiger partial charge < -0.3 is 10.4 Å². The zero-order valence-corrected chi connectivity index (χ0v) is 11.3. The minimum atomic E-state index is 0.245. The minimum absolute atomic E-state index is 0.245. The topological polar surface area (TPSA) is 96.1 Å². The molecule has 0 aliphatic heterocycles. The van der Waals surface area contributed by atoms with Gasteiger partial charge in [0.15, 0.2) is 0 Å². The Hall–Kier alpha value is -1.44. The van der Waals surface area contributed by atoms with E-state index >= 15 is 0 Å². The molecule has 102 valence electrons. The highest BCUT2D eigenvalue weighted by atomic mass is 32.1. The number of hydrogen-bond acceptors (Lipinski definition) is 7. The lowest BCUT2D eigenvalue weighted by Crippen LogP contribution is -2.18. The summed E-state index contributed by atoms with van der Waals surface area (Å²) in [5.41, 5.74) is 2.74. The molecule has 0 atom stereocenters. The molecule has 1 aliphatic carbocycles. The molecular formula is C12H17N5OS. The Labute approximate surface area is 115 Å². The molecule has 1 aliphatic rings. The summed E-state index contributed by atoms with van der Waals surface area (Å²) in [6.07, 6.45) is 3.18. The van der Waals surface area contributed by atoms with Crippen molar-refractivity contribution in [3.05, 3.63) is 11.4 Å². The predicted octanol–water partition coefficient (Wildman–Crippen LogP) is 1.55. The highest BCUT2D eigenvalue weighted by Gasteiger charge is 2.41. The summed E-state index contributed by atoms with van der Waals surface area (Å²) in [6.45, 7) is 1.08. The average molecular weight is 279 g/mol. The van der Waals surface area contributed by atoms with E-state index in [2.05, 4.69) is 20.7 Å². The number of hydrazine groups is 1. The lowest BCUT2D eigenvalue weighted by atomic mass is 10.0. The van der Waals surface area contributed by atoms with Gasteiger partial charge in [-0.2, -0.15) is 4.98 Å². The molecule has 3 rings (SSSR count). The maximum absolute atomic E-state index is 9.08. The Morgan fingerprint density at radius 1 is 1.42 bits per heavy atom. The zero-order valence-electron chi connectivity index (χ0n) is 10.5. The Bertz CT molecular complexity index is 581. The molecule has 0 radical (unpaired) electrons. The maximum atomic E-state index is 9.08. The van der Waals surface area contributed by atoms with Crippen molar-refractivity contribution in [1.82, 2.24) is 9.97 Å². The third-order valence-corrected chi connectivity index (χ3v) is 4.49. The summed E-state index contributed by atoms with van der Waals surface area (Å²) >= 11 is 1.56. The van der Waals surface area contributed by atoms with Crippen LogP contribution in [0, 0.1) is 5.41 Å². The second-order valence-electron chi connectivity index (χ2n) is 5.01. The number of hydrogen-bond donors (Lipinski definition) is 4. The number of aliphatic hydroxyl groups excluding tert-OH is 1. The van der Waals surface area contributed by atoms with Gasteiger partial charge in [0, 0.05) is 13.2 Å².